The van der Waals surface area contributed by atoms with Crippen molar-refractivity contribution in [2.75, 3.05) is 11.9 Å². The molecule has 4 heteroatoms. The van der Waals surface area contributed by atoms with Gasteiger partial charge in [-0.05, 0) is 24.6 Å². The highest BCUT2D eigenvalue weighted by atomic mass is 35.5. The number of hydrogen-bond donors (Lipinski definition) is 0. The highest BCUT2D eigenvalue weighted by molar-refractivity contribution is 6.52. The fraction of sp³-hybridized carbons (Fsp3) is 0.200. The third kappa shape index (κ3) is 1.06. The monoisotopic (exact) mass is 209 g/mol. The second-order valence-electron chi connectivity index (χ2n) is 3.31. The van der Waals surface area contributed by atoms with Crippen molar-refractivity contribution >= 4 is 29.0 Å². The lowest BCUT2D eigenvalue weighted by atomic mass is 10.1. The van der Waals surface area contributed by atoms with Crippen LogP contribution in [0.1, 0.15) is 15.9 Å². The number of anilines is 1. The SMILES string of the molecule is Cc1cc(Cl)cc2c1N(C)C(=O)C2=O. The molecule has 0 unspecified atom stereocenters. The van der Waals surface area contributed by atoms with Crippen LogP contribution < -0.4 is 4.90 Å². The molecule has 0 N–H and O–H groups in total. The third-order valence-electron chi connectivity index (χ3n) is 2.34. The maximum absolute atomic E-state index is 11.5. The second kappa shape index (κ2) is 2.82. The minimum Gasteiger partial charge on any atom is -0.308 e. The number of ketones is 1. The molecule has 3 nitrogen and oxygen atoms in total. The fourth-order valence-electron chi connectivity index (χ4n) is 1.72. The Morgan fingerprint density at radius 2 is 1.93 bits per heavy atom. The van der Waals surface area contributed by atoms with Crippen LogP contribution in [0.15, 0.2) is 12.1 Å². The molecular weight excluding hydrogens is 202 g/mol. The van der Waals surface area contributed by atoms with Crippen LogP contribution >= 0.6 is 11.6 Å². The first-order chi connectivity index (χ1) is 6.52. The lowest BCUT2D eigenvalue weighted by Crippen LogP contribution is -2.25. The number of likely N-dealkylation sites (N-methyl/N-ethyl adjacent to an activating group) is 1. The lowest BCUT2D eigenvalue weighted by Gasteiger charge is -2.11. The standard InChI is InChI=1S/C10H8ClNO2/c1-5-3-6(11)4-7-8(5)12(2)10(14)9(7)13/h3-4H,1-2H3. The maximum Gasteiger partial charge on any atom is 0.299 e. The molecule has 72 valence electrons. The molecule has 14 heavy (non-hydrogen) atoms. The Balaban J connectivity index is 2.75. The quantitative estimate of drug-likeness (QED) is 0.611. The first kappa shape index (κ1) is 9.21. The third-order valence-corrected chi connectivity index (χ3v) is 2.56. The summed E-state index contributed by atoms with van der Waals surface area (Å²) >= 11 is 5.81. The van der Waals surface area contributed by atoms with Gasteiger partial charge in [0, 0.05) is 12.1 Å². The van der Waals surface area contributed by atoms with Crippen molar-refractivity contribution in [3.63, 3.8) is 0 Å². The van der Waals surface area contributed by atoms with E-state index in [0.29, 0.717) is 16.3 Å². The molecule has 1 aliphatic heterocycles. The number of hydrogen-bond acceptors (Lipinski definition) is 2. The summed E-state index contributed by atoms with van der Waals surface area (Å²) in [5.74, 6) is -0.974. The molecule has 0 fully saturated rings. The molecule has 0 aliphatic carbocycles. The van der Waals surface area contributed by atoms with Gasteiger partial charge in [0.2, 0.25) is 0 Å². The zero-order valence-electron chi connectivity index (χ0n) is 7.80. The number of carbonyl (C=O) groups is 2. The molecule has 1 aliphatic rings. The Hall–Kier alpha value is -1.35. The summed E-state index contributed by atoms with van der Waals surface area (Å²) in [6.07, 6.45) is 0. The van der Waals surface area contributed by atoms with Gasteiger partial charge in [0.1, 0.15) is 0 Å². The number of amides is 1. The summed E-state index contributed by atoms with van der Waals surface area (Å²) in [6.45, 7) is 1.83. The van der Waals surface area contributed by atoms with E-state index in [0.717, 1.165) is 5.56 Å². The number of Topliss-reactive ketones (excluding diaryl/α,β-unsaturated/α-hetero) is 1. The predicted octanol–water partition coefficient (Wildman–Crippen LogP) is 1.81. The van der Waals surface area contributed by atoms with E-state index in [1.807, 2.05) is 6.92 Å². The van der Waals surface area contributed by atoms with Crippen LogP contribution in [0.4, 0.5) is 5.69 Å². The minimum absolute atomic E-state index is 0.405. The van der Waals surface area contributed by atoms with Crippen LogP contribution in [-0.2, 0) is 4.79 Å². The number of carbonyl (C=O) groups excluding carboxylic acids is 2. The summed E-state index contributed by atoms with van der Waals surface area (Å²) < 4.78 is 0. The van der Waals surface area contributed by atoms with E-state index in [2.05, 4.69) is 0 Å². The highest BCUT2D eigenvalue weighted by Gasteiger charge is 2.34. The van der Waals surface area contributed by atoms with Gasteiger partial charge in [0.15, 0.2) is 0 Å². The summed E-state index contributed by atoms with van der Waals surface area (Å²) in [6, 6.07) is 3.27. The van der Waals surface area contributed by atoms with E-state index in [-0.39, 0.29) is 0 Å². The molecule has 2 rings (SSSR count). The van der Waals surface area contributed by atoms with Crippen molar-refractivity contribution in [1.82, 2.24) is 0 Å². The van der Waals surface area contributed by atoms with E-state index in [4.69, 9.17) is 11.6 Å². The van der Waals surface area contributed by atoms with E-state index >= 15 is 0 Å². The van der Waals surface area contributed by atoms with E-state index in [9.17, 15) is 9.59 Å². The van der Waals surface area contributed by atoms with Gasteiger partial charge in [-0.15, -0.1) is 0 Å². The zero-order valence-corrected chi connectivity index (χ0v) is 8.55. The Bertz CT molecular complexity index is 454. The van der Waals surface area contributed by atoms with Crippen LogP contribution in [0.2, 0.25) is 5.02 Å². The van der Waals surface area contributed by atoms with E-state index < -0.39 is 11.7 Å². The molecule has 0 radical (unpaired) electrons. The second-order valence-corrected chi connectivity index (χ2v) is 3.75. The van der Waals surface area contributed by atoms with Gasteiger partial charge in [0.05, 0.1) is 11.3 Å². The Morgan fingerprint density at radius 1 is 1.29 bits per heavy atom. The van der Waals surface area contributed by atoms with E-state index in [1.165, 1.54) is 11.0 Å². The van der Waals surface area contributed by atoms with Crippen molar-refractivity contribution in [2.24, 2.45) is 0 Å². The molecular formula is C10H8ClNO2. The highest BCUT2D eigenvalue weighted by Crippen LogP contribution is 2.33. The summed E-state index contributed by atoms with van der Waals surface area (Å²) in [5.41, 5.74) is 1.92. The van der Waals surface area contributed by atoms with Crippen LogP contribution in [0.25, 0.3) is 0 Å². The van der Waals surface area contributed by atoms with Gasteiger partial charge >= 0.3 is 0 Å². The van der Waals surface area contributed by atoms with E-state index in [1.54, 1.807) is 13.1 Å². The molecule has 1 aromatic carbocycles. The molecule has 0 bridgehead atoms. The first-order valence-electron chi connectivity index (χ1n) is 4.15. The number of halogens is 1. The number of aryl methyl sites for hydroxylation is 1. The van der Waals surface area contributed by atoms with Gasteiger partial charge in [0.25, 0.3) is 11.7 Å². The molecule has 0 aromatic heterocycles. The summed E-state index contributed by atoms with van der Waals surface area (Å²) in [5, 5.41) is 0.484. The average molecular weight is 210 g/mol. The topological polar surface area (TPSA) is 37.4 Å². The summed E-state index contributed by atoms with van der Waals surface area (Å²) in [7, 11) is 1.59. The molecule has 1 heterocycles. The molecule has 1 aromatic rings. The van der Waals surface area contributed by atoms with Crippen molar-refractivity contribution in [2.45, 2.75) is 6.92 Å². The summed E-state index contributed by atoms with van der Waals surface area (Å²) in [4.78, 5) is 24.2. The van der Waals surface area contributed by atoms with Crippen molar-refractivity contribution in [3.05, 3.63) is 28.3 Å². The number of benzene rings is 1. The molecule has 0 saturated heterocycles. The molecule has 0 atom stereocenters. The van der Waals surface area contributed by atoms with Crippen LogP contribution in [0, 0.1) is 6.92 Å². The fourth-order valence-corrected chi connectivity index (χ4v) is 2.00. The predicted molar refractivity (Wildman–Crippen MR) is 53.9 cm³/mol. The first-order valence-corrected chi connectivity index (χ1v) is 4.52. The van der Waals surface area contributed by atoms with Gasteiger partial charge in [-0.1, -0.05) is 11.6 Å². The number of nitrogens with zero attached hydrogens (tertiary/aromatic N) is 1. The average Bonchev–Trinajstić information content (AvgIpc) is 2.31. The number of fused-ring (bicyclic) bond motifs is 1. The van der Waals surface area contributed by atoms with Gasteiger partial charge in [-0.25, -0.2) is 0 Å². The molecule has 0 saturated carbocycles. The smallest absolute Gasteiger partial charge is 0.299 e. The van der Waals surface area contributed by atoms with Crippen molar-refractivity contribution in [1.29, 1.82) is 0 Å². The van der Waals surface area contributed by atoms with Crippen LogP contribution in [0.3, 0.4) is 0 Å². The molecule has 0 spiro atoms. The number of rotatable bonds is 0. The zero-order chi connectivity index (χ0) is 10.5. The Kier molecular flexibility index (Phi) is 1.86. The maximum atomic E-state index is 11.5. The van der Waals surface area contributed by atoms with Crippen LogP contribution in [0.5, 0.6) is 0 Å². The van der Waals surface area contributed by atoms with Crippen molar-refractivity contribution in [3.8, 4) is 0 Å². The lowest BCUT2D eigenvalue weighted by molar-refractivity contribution is -0.114. The Labute approximate surface area is 86.3 Å². The van der Waals surface area contributed by atoms with Crippen molar-refractivity contribution < 1.29 is 9.59 Å². The normalized spacial score (nSPS) is 14.9. The minimum atomic E-state index is -0.495. The van der Waals surface area contributed by atoms with Gasteiger partial charge in [-0.2, -0.15) is 0 Å². The molecule has 1 amide bonds. The van der Waals surface area contributed by atoms with Gasteiger partial charge < -0.3 is 4.90 Å². The van der Waals surface area contributed by atoms with Crippen LogP contribution in [-0.4, -0.2) is 18.7 Å². The Morgan fingerprint density at radius 3 is 2.57 bits per heavy atom. The van der Waals surface area contributed by atoms with Gasteiger partial charge in [-0.3, -0.25) is 9.59 Å². The largest absolute Gasteiger partial charge is 0.308 e.